The maximum atomic E-state index is 13.7. The number of amides is 3. The predicted octanol–water partition coefficient (Wildman–Crippen LogP) is 3.22. The van der Waals surface area contributed by atoms with Crippen molar-refractivity contribution in [1.82, 2.24) is 10.2 Å². The minimum Gasteiger partial charge on any atom is -0.445 e. The van der Waals surface area contributed by atoms with Gasteiger partial charge in [0.15, 0.2) is 0 Å². The first-order valence-electron chi connectivity index (χ1n) is 11.6. The summed E-state index contributed by atoms with van der Waals surface area (Å²) in [5.74, 6) is -1.04. The molecular weight excluding hydrogens is 442 g/mol. The van der Waals surface area contributed by atoms with Gasteiger partial charge in [0.2, 0.25) is 11.8 Å². The molecule has 0 bridgehead atoms. The minimum absolute atomic E-state index is 0.108. The van der Waals surface area contributed by atoms with E-state index in [1.807, 2.05) is 91.0 Å². The summed E-state index contributed by atoms with van der Waals surface area (Å²) in [4.78, 5) is 40.4. The van der Waals surface area contributed by atoms with Crippen molar-refractivity contribution in [2.75, 3.05) is 6.54 Å². The van der Waals surface area contributed by atoms with Crippen LogP contribution in [-0.4, -0.2) is 40.9 Å². The van der Waals surface area contributed by atoms with Crippen LogP contribution in [0.5, 0.6) is 0 Å². The van der Waals surface area contributed by atoms with Crippen molar-refractivity contribution in [3.63, 3.8) is 0 Å². The number of benzene rings is 3. The SMILES string of the molecule is NC(=O)[C@H](Cc1ccccc1)NC(=O)[C@]1(Cc2ccccc2)CCN1C(=O)OCc1ccccc1. The Hall–Kier alpha value is -4.13. The van der Waals surface area contributed by atoms with Crippen molar-refractivity contribution in [2.45, 2.75) is 37.5 Å². The molecule has 4 rings (SSSR count). The molecule has 0 saturated carbocycles. The maximum absolute atomic E-state index is 13.7. The zero-order valence-corrected chi connectivity index (χ0v) is 19.4. The van der Waals surface area contributed by atoms with E-state index >= 15 is 0 Å². The maximum Gasteiger partial charge on any atom is 0.411 e. The molecule has 180 valence electrons. The van der Waals surface area contributed by atoms with Gasteiger partial charge in [0.25, 0.3) is 0 Å². The number of carbonyl (C=O) groups excluding carboxylic acids is 3. The van der Waals surface area contributed by atoms with Gasteiger partial charge in [0.1, 0.15) is 18.2 Å². The van der Waals surface area contributed by atoms with E-state index in [0.717, 1.165) is 16.7 Å². The fraction of sp³-hybridized carbons (Fsp3) is 0.250. The first kappa shape index (κ1) is 24.0. The Bertz CT molecular complexity index is 1150. The lowest BCUT2D eigenvalue weighted by atomic mass is 9.78. The number of nitrogens with zero attached hydrogens (tertiary/aromatic N) is 1. The quantitative estimate of drug-likeness (QED) is 0.500. The highest BCUT2D eigenvalue weighted by Gasteiger charge is 2.54. The van der Waals surface area contributed by atoms with Gasteiger partial charge in [0, 0.05) is 19.4 Å². The third kappa shape index (κ3) is 5.69. The molecule has 3 amide bonds. The van der Waals surface area contributed by atoms with Crippen LogP contribution in [0, 0.1) is 0 Å². The third-order valence-electron chi connectivity index (χ3n) is 6.38. The van der Waals surface area contributed by atoms with Crippen molar-refractivity contribution in [3.05, 3.63) is 108 Å². The molecule has 3 aromatic carbocycles. The molecule has 0 aliphatic carbocycles. The molecule has 1 aliphatic rings. The molecule has 3 aromatic rings. The fourth-order valence-electron chi connectivity index (χ4n) is 4.36. The van der Waals surface area contributed by atoms with Gasteiger partial charge in [-0.2, -0.15) is 0 Å². The van der Waals surface area contributed by atoms with Crippen molar-refractivity contribution in [3.8, 4) is 0 Å². The third-order valence-corrected chi connectivity index (χ3v) is 6.38. The summed E-state index contributed by atoms with van der Waals surface area (Å²) in [7, 11) is 0. The monoisotopic (exact) mass is 471 g/mol. The Labute approximate surface area is 204 Å². The molecule has 3 N–H and O–H groups in total. The molecule has 7 heteroatoms. The molecule has 1 aliphatic heterocycles. The summed E-state index contributed by atoms with van der Waals surface area (Å²) in [6, 6.07) is 27.3. The molecule has 35 heavy (non-hydrogen) atoms. The van der Waals surface area contributed by atoms with E-state index in [2.05, 4.69) is 5.32 Å². The zero-order valence-electron chi connectivity index (χ0n) is 19.4. The summed E-state index contributed by atoms with van der Waals surface area (Å²) in [6.07, 6.45) is 0.453. The van der Waals surface area contributed by atoms with Gasteiger partial charge >= 0.3 is 6.09 Å². The van der Waals surface area contributed by atoms with Crippen LogP contribution in [-0.2, 0) is 33.8 Å². The van der Waals surface area contributed by atoms with Crippen LogP contribution in [0.3, 0.4) is 0 Å². The van der Waals surface area contributed by atoms with Crippen molar-refractivity contribution in [2.24, 2.45) is 5.73 Å². The standard InChI is InChI=1S/C28H29N3O4/c29-25(32)24(18-21-10-4-1-5-11-21)30-26(33)28(19-22-12-6-2-7-13-22)16-17-31(28)27(34)35-20-23-14-8-3-9-15-23/h1-15,24H,16-20H2,(H2,29,32)(H,30,33)/t24-,28+/m0/s1. The first-order valence-corrected chi connectivity index (χ1v) is 11.6. The average Bonchev–Trinajstić information content (AvgIpc) is 2.86. The Morgan fingerprint density at radius 1 is 0.857 bits per heavy atom. The Balaban J connectivity index is 1.53. The van der Waals surface area contributed by atoms with Crippen molar-refractivity contribution < 1.29 is 19.1 Å². The molecule has 0 radical (unpaired) electrons. The lowest BCUT2D eigenvalue weighted by Crippen LogP contribution is -2.71. The topological polar surface area (TPSA) is 102 Å². The molecular formula is C28H29N3O4. The second-order valence-corrected chi connectivity index (χ2v) is 8.75. The number of ether oxygens (including phenoxy) is 1. The van der Waals surface area contributed by atoms with Gasteiger partial charge in [-0.15, -0.1) is 0 Å². The van der Waals surface area contributed by atoms with Gasteiger partial charge in [-0.3, -0.25) is 14.5 Å². The van der Waals surface area contributed by atoms with E-state index in [9.17, 15) is 14.4 Å². The minimum atomic E-state index is -1.17. The molecule has 1 saturated heterocycles. The highest BCUT2D eigenvalue weighted by atomic mass is 16.6. The summed E-state index contributed by atoms with van der Waals surface area (Å²) in [5.41, 5.74) is 7.11. The smallest absolute Gasteiger partial charge is 0.411 e. The number of hydrogen-bond donors (Lipinski definition) is 2. The first-order chi connectivity index (χ1) is 17.0. The predicted molar refractivity (Wildman–Crippen MR) is 132 cm³/mol. The van der Waals surface area contributed by atoms with Crippen LogP contribution < -0.4 is 11.1 Å². The van der Waals surface area contributed by atoms with Crippen LogP contribution in [0.4, 0.5) is 4.79 Å². The van der Waals surface area contributed by atoms with Crippen LogP contribution in [0.1, 0.15) is 23.1 Å². The number of hydrogen-bond acceptors (Lipinski definition) is 4. The van der Waals surface area contributed by atoms with E-state index in [0.29, 0.717) is 19.4 Å². The Morgan fingerprint density at radius 3 is 1.91 bits per heavy atom. The highest BCUT2D eigenvalue weighted by molar-refractivity contribution is 5.95. The molecule has 0 aromatic heterocycles. The van der Waals surface area contributed by atoms with Gasteiger partial charge in [-0.1, -0.05) is 91.0 Å². The van der Waals surface area contributed by atoms with Crippen LogP contribution >= 0.6 is 0 Å². The molecule has 2 atom stereocenters. The number of nitrogens with one attached hydrogen (secondary N) is 1. The summed E-state index contributed by atoms with van der Waals surface area (Å²) < 4.78 is 5.54. The summed E-state index contributed by atoms with van der Waals surface area (Å²) in [5, 5.41) is 2.82. The second-order valence-electron chi connectivity index (χ2n) is 8.75. The van der Waals surface area contributed by atoms with Crippen molar-refractivity contribution >= 4 is 17.9 Å². The number of rotatable bonds is 9. The van der Waals surface area contributed by atoms with Gasteiger partial charge in [-0.25, -0.2) is 4.79 Å². The van der Waals surface area contributed by atoms with Gasteiger partial charge < -0.3 is 15.8 Å². The van der Waals surface area contributed by atoms with Crippen molar-refractivity contribution in [1.29, 1.82) is 0 Å². The molecule has 1 heterocycles. The van der Waals surface area contributed by atoms with Gasteiger partial charge in [-0.05, 0) is 23.1 Å². The van der Waals surface area contributed by atoms with E-state index < -0.39 is 29.5 Å². The lowest BCUT2D eigenvalue weighted by Gasteiger charge is -2.50. The lowest BCUT2D eigenvalue weighted by molar-refractivity contribution is -0.143. The molecule has 0 spiro atoms. The van der Waals surface area contributed by atoms with E-state index in [1.54, 1.807) is 0 Å². The normalized spacial score (nSPS) is 17.7. The molecule has 1 fully saturated rings. The Morgan fingerprint density at radius 2 is 1.40 bits per heavy atom. The number of primary amides is 1. The van der Waals surface area contributed by atoms with Crippen LogP contribution in [0.2, 0.25) is 0 Å². The van der Waals surface area contributed by atoms with E-state index in [4.69, 9.17) is 10.5 Å². The Kier molecular flexibility index (Phi) is 7.45. The zero-order chi connectivity index (χ0) is 24.7. The highest BCUT2D eigenvalue weighted by Crippen LogP contribution is 2.35. The number of nitrogens with two attached hydrogens (primary N) is 1. The van der Waals surface area contributed by atoms with E-state index in [-0.39, 0.29) is 13.0 Å². The summed E-state index contributed by atoms with van der Waals surface area (Å²) >= 11 is 0. The van der Waals surface area contributed by atoms with E-state index in [1.165, 1.54) is 4.90 Å². The second kappa shape index (κ2) is 10.9. The summed E-state index contributed by atoms with van der Waals surface area (Å²) in [6.45, 7) is 0.491. The van der Waals surface area contributed by atoms with Gasteiger partial charge in [0.05, 0.1) is 0 Å². The van der Waals surface area contributed by atoms with Crippen LogP contribution in [0.15, 0.2) is 91.0 Å². The van der Waals surface area contributed by atoms with Crippen LogP contribution in [0.25, 0.3) is 0 Å². The molecule has 0 unspecified atom stereocenters. The average molecular weight is 472 g/mol. The number of carbonyl (C=O) groups is 3. The largest absolute Gasteiger partial charge is 0.445 e. The number of likely N-dealkylation sites (tertiary alicyclic amines) is 1. The molecule has 7 nitrogen and oxygen atoms in total. The fourth-order valence-corrected chi connectivity index (χ4v) is 4.36.